The van der Waals surface area contributed by atoms with Crippen LogP contribution in [0.3, 0.4) is 0 Å². The van der Waals surface area contributed by atoms with Gasteiger partial charge in [-0.25, -0.2) is 0 Å². The van der Waals surface area contributed by atoms with Gasteiger partial charge in [-0.05, 0) is 42.1 Å². The van der Waals surface area contributed by atoms with Gasteiger partial charge in [0, 0.05) is 30.6 Å². The molecule has 0 bridgehead atoms. The first kappa shape index (κ1) is 15.2. The minimum atomic E-state index is -0.0652. The van der Waals surface area contributed by atoms with Crippen molar-refractivity contribution in [1.82, 2.24) is 10.6 Å². The summed E-state index contributed by atoms with van der Waals surface area (Å²) in [7, 11) is 1.65. The van der Waals surface area contributed by atoms with Gasteiger partial charge in [0.1, 0.15) is 5.75 Å². The van der Waals surface area contributed by atoms with Crippen molar-refractivity contribution in [3.8, 4) is 16.9 Å². The lowest BCUT2D eigenvalue weighted by atomic mass is 9.86. The predicted molar refractivity (Wildman–Crippen MR) is 94.5 cm³/mol. The van der Waals surface area contributed by atoms with Crippen molar-refractivity contribution in [2.24, 2.45) is 5.92 Å². The van der Waals surface area contributed by atoms with Crippen LogP contribution in [0.5, 0.6) is 5.75 Å². The summed E-state index contributed by atoms with van der Waals surface area (Å²) in [4.78, 5) is 11.7. The smallest absolute Gasteiger partial charge is 0.251 e. The summed E-state index contributed by atoms with van der Waals surface area (Å²) in [6.07, 6.45) is 1.10. The quantitative estimate of drug-likeness (QED) is 0.894. The minimum absolute atomic E-state index is 0.0652. The molecule has 124 valence electrons. The number of rotatable bonds is 2. The number of hydrogen-bond donors (Lipinski definition) is 2. The number of fused-ring (bicyclic) bond motifs is 3. The van der Waals surface area contributed by atoms with Gasteiger partial charge in [0.2, 0.25) is 0 Å². The summed E-state index contributed by atoms with van der Waals surface area (Å²) >= 11 is 0. The second-order valence-corrected chi connectivity index (χ2v) is 6.54. The van der Waals surface area contributed by atoms with Gasteiger partial charge < -0.3 is 15.4 Å². The molecule has 2 heterocycles. The lowest BCUT2D eigenvalue weighted by Crippen LogP contribution is -2.17. The van der Waals surface area contributed by atoms with E-state index < -0.39 is 0 Å². The number of ether oxygens (including phenoxy) is 1. The van der Waals surface area contributed by atoms with Crippen LogP contribution >= 0.6 is 0 Å². The molecular weight excluding hydrogens is 300 g/mol. The fourth-order valence-electron chi connectivity index (χ4n) is 3.89. The lowest BCUT2D eigenvalue weighted by molar-refractivity contribution is 0.0963. The van der Waals surface area contributed by atoms with Gasteiger partial charge >= 0.3 is 0 Å². The number of carbonyl (C=O) groups is 1. The standard InChI is InChI=1S/C20H22N2O2/c1-21-20(23)14-7-5-13(6-8-14)16-3-2-4-17-18-12-22-11-15(18)9-10-24-19(16)17/h2-8,15,18,22H,9-12H2,1H3,(H,21,23)/t15-,18-/m0/s1. The Morgan fingerprint density at radius 1 is 1.17 bits per heavy atom. The van der Waals surface area contributed by atoms with Crippen LogP contribution in [0.4, 0.5) is 0 Å². The van der Waals surface area contributed by atoms with E-state index in [2.05, 4.69) is 28.8 Å². The zero-order valence-electron chi connectivity index (χ0n) is 13.8. The van der Waals surface area contributed by atoms with Gasteiger partial charge in [0.25, 0.3) is 5.91 Å². The van der Waals surface area contributed by atoms with Crippen molar-refractivity contribution in [2.45, 2.75) is 12.3 Å². The van der Waals surface area contributed by atoms with E-state index in [1.807, 2.05) is 24.3 Å². The first-order valence-electron chi connectivity index (χ1n) is 8.57. The molecular formula is C20H22N2O2. The normalized spacial score (nSPS) is 22.0. The Morgan fingerprint density at radius 3 is 2.79 bits per heavy atom. The highest BCUT2D eigenvalue weighted by Crippen LogP contribution is 2.43. The molecule has 1 fully saturated rings. The Kier molecular flexibility index (Phi) is 3.98. The third kappa shape index (κ3) is 2.57. The van der Waals surface area contributed by atoms with Crippen molar-refractivity contribution < 1.29 is 9.53 Å². The van der Waals surface area contributed by atoms with E-state index in [9.17, 15) is 4.79 Å². The molecule has 0 aromatic heterocycles. The summed E-state index contributed by atoms with van der Waals surface area (Å²) in [5, 5.41) is 6.17. The van der Waals surface area contributed by atoms with Crippen LogP contribution in [0.1, 0.15) is 28.3 Å². The fourth-order valence-corrected chi connectivity index (χ4v) is 3.89. The first-order chi connectivity index (χ1) is 11.8. The molecule has 24 heavy (non-hydrogen) atoms. The van der Waals surface area contributed by atoms with E-state index in [1.54, 1.807) is 7.05 Å². The van der Waals surface area contributed by atoms with E-state index in [-0.39, 0.29) is 5.91 Å². The molecule has 4 nitrogen and oxygen atoms in total. The Balaban J connectivity index is 1.74. The largest absolute Gasteiger partial charge is 0.493 e. The average molecular weight is 322 g/mol. The molecule has 2 aliphatic heterocycles. The lowest BCUT2D eigenvalue weighted by Gasteiger charge is -2.18. The molecule has 4 heteroatoms. The topological polar surface area (TPSA) is 50.4 Å². The molecule has 0 radical (unpaired) electrons. The molecule has 0 saturated carbocycles. The SMILES string of the molecule is CNC(=O)c1ccc(-c2cccc3c2OCC[C@H]2CNC[C@H]32)cc1. The number of carbonyl (C=O) groups excluding carboxylic acids is 1. The molecule has 2 N–H and O–H groups in total. The Hall–Kier alpha value is -2.33. The molecule has 4 rings (SSSR count). The van der Waals surface area contributed by atoms with Crippen LogP contribution < -0.4 is 15.4 Å². The Bertz CT molecular complexity index is 755. The molecule has 0 unspecified atom stereocenters. The van der Waals surface area contributed by atoms with Crippen molar-refractivity contribution >= 4 is 5.91 Å². The summed E-state index contributed by atoms with van der Waals surface area (Å²) in [5.74, 6) is 2.15. The van der Waals surface area contributed by atoms with Crippen LogP contribution in [0.15, 0.2) is 42.5 Å². The molecule has 2 aromatic carbocycles. The van der Waals surface area contributed by atoms with E-state index in [0.717, 1.165) is 43.0 Å². The van der Waals surface area contributed by atoms with Gasteiger partial charge in [-0.3, -0.25) is 4.79 Å². The third-order valence-corrected chi connectivity index (χ3v) is 5.20. The van der Waals surface area contributed by atoms with E-state index >= 15 is 0 Å². The first-order valence-corrected chi connectivity index (χ1v) is 8.57. The van der Waals surface area contributed by atoms with Gasteiger partial charge in [-0.15, -0.1) is 0 Å². The molecule has 0 aliphatic carbocycles. The minimum Gasteiger partial charge on any atom is -0.493 e. The maximum absolute atomic E-state index is 11.7. The average Bonchev–Trinajstić information content (AvgIpc) is 3.02. The van der Waals surface area contributed by atoms with Gasteiger partial charge in [-0.2, -0.15) is 0 Å². The molecule has 1 amide bonds. The van der Waals surface area contributed by atoms with Crippen molar-refractivity contribution in [2.75, 3.05) is 26.7 Å². The fraction of sp³-hybridized carbons (Fsp3) is 0.350. The summed E-state index contributed by atoms with van der Waals surface area (Å²) in [6, 6.07) is 14.2. The van der Waals surface area contributed by atoms with Crippen LogP contribution in [0.2, 0.25) is 0 Å². The second kappa shape index (κ2) is 6.29. The molecule has 2 atom stereocenters. The zero-order valence-corrected chi connectivity index (χ0v) is 13.8. The number of benzene rings is 2. The number of amides is 1. The highest BCUT2D eigenvalue weighted by atomic mass is 16.5. The summed E-state index contributed by atoms with van der Waals surface area (Å²) in [6.45, 7) is 2.88. The second-order valence-electron chi connectivity index (χ2n) is 6.54. The highest BCUT2D eigenvalue weighted by molar-refractivity contribution is 5.94. The highest BCUT2D eigenvalue weighted by Gasteiger charge is 2.33. The Morgan fingerprint density at radius 2 is 2.00 bits per heavy atom. The molecule has 2 aromatic rings. The van der Waals surface area contributed by atoms with Crippen molar-refractivity contribution in [1.29, 1.82) is 0 Å². The van der Waals surface area contributed by atoms with E-state index in [0.29, 0.717) is 17.4 Å². The van der Waals surface area contributed by atoms with Crippen LogP contribution in [0, 0.1) is 5.92 Å². The van der Waals surface area contributed by atoms with Gasteiger partial charge in [0.15, 0.2) is 0 Å². The monoisotopic (exact) mass is 322 g/mol. The molecule has 0 spiro atoms. The molecule has 2 aliphatic rings. The van der Waals surface area contributed by atoms with Crippen LogP contribution in [-0.2, 0) is 0 Å². The third-order valence-electron chi connectivity index (χ3n) is 5.20. The van der Waals surface area contributed by atoms with Crippen LogP contribution in [0.25, 0.3) is 11.1 Å². The zero-order chi connectivity index (χ0) is 16.5. The van der Waals surface area contributed by atoms with Crippen molar-refractivity contribution in [3.63, 3.8) is 0 Å². The van der Waals surface area contributed by atoms with Crippen LogP contribution in [-0.4, -0.2) is 32.7 Å². The number of nitrogens with one attached hydrogen (secondary N) is 2. The predicted octanol–water partition coefficient (Wildman–Crippen LogP) is 2.80. The van der Waals surface area contributed by atoms with Crippen molar-refractivity contribution in [3.05, 3.63) is 53.6 Å². The maximum atomic E-state index is 11.7. The number of para-hydroxylation sites is 1. The van der Waals surface area contributed by atoms with E-state index in [1.165, 1.54) is 5.56 Å². The maximum Gasteiger partial charge on any atom is 0.251 e. The summed E-state index contributed by atoms with van der Waals surface area (Å²) < 4.78 is 6.16. The molecule has 1 saturated heterocycles. The summed E-state index contributed by atoms with van der Waals surface area (Å²) in [5.41, 5.74) is 4.19. The Labute approximate surface area is 142 Å². The van der Waals surface area contributed by atoms with Gasteiger partial charge in [-0.1, -0.05) is 30.3 Å². The number of hydrogen-bond acceptors (Lipinski definition) is 3. The van der Waals surface area contributed by atoms with Gasteiger partial charge in [0.05, 0.1) is 6.61 Å². The van der Waals surface area contributed by atoms with E-state index in [4.69, 9.17) is 4.74 Å².